The minimum Gasteiger partial charge on any atom is -0.497 e. The summed E-state index contributed by atoms with van der Waals surface area (Å²) >= 11 is 0. The Morgan fingerprint density at radius 3 is 1.97 bits per heavy atom. The van der Waals surface area contributed by atoms with Crippen molar-refractivity contribution in [1.82, 2.24) is 10.2 Å². The molecule has 178 valence electrons. The largest absolute Gasteiger partial charge is 0.497 e. The van der Waals surface area contributed by atoms with Crippen LogP contribution in [0.4, 0.5) is 0 Å². The third-order valence-corrected chi connectivity index (χ3v) is 6.61. The first-order chi connectivity index (χ1) is 16.5. The fourth-order valence-corrected chi connectivity index (χ4v) is 4.65. The summed E-state index contributed by atoms with van der Waals surface area (Å²) in [5, 5.41) is 3.09. The van der Waals surface area contributed by atoms with E-state index in [1.165, 1.54) is 4.90 Å². The van der Waals surface area contributed by atoms with Gasteiger partial charge in [-0.3, -0.25) is 19.3 Å². The Morgan fingerprint density at radius 1 is 0.912 bits per heavy atom. The van der Waals surface area contributed by atoms with Crippen LogP contribution in [0.2, 0.25) is 0 Å². The lowest BCUT2D eigenvalue weighted by molar-refractivity contribution is -0.140. The zero-order valence-corrected chi connectivity index (χ0v) is 19.5. The number of carbonyl (C=O) groups is 3. The maximum absolute atomic E-state index is 12.9. The maximum atomic E-state index is 12.9. The summed E-state index contributed by atoms with van der Waals surface area (Å²) in [4.78, 5) is 39.5. The lowest BCUT2D eigenvalue weighted by Crippen LogP contribution is -2.37. The molecule has 1 aliphatic heterocycles. The number of allylic oxidation sites excluding steroid dienone is 2. The van der Waals surface area contributed by atoms with Crippen LogP contribution in [-0.2, 0) is 20.8 Å². The number of benzene rings is 2. The van der Waals surface area contributed by atoms with E-state index in [2.05, 4.69) is 5.32 Å². The number of carbonyl (C=O) groups excluding carboxylic acids is 3. The van der Waals surface area contributed by atoms with E-state index in [-0.39, 0.29) is 48.6 Å². The van der Waals surface area contributed by atoms with E-state index in [1.54, 1.807) is 14.2 Å². The van der Waals surface area contributed by atoms with Gasteiger partial charge in [-0.15, -0.1) is 0 Å². The molecule has 7 heteroatoms. The Morgan fingerprint density at radius 2 is 1.44 bits per heavy atom. The SMILES string of the molecule is COc1ccc(C[C@@H](NC(=O)CCN2C(=O)[C@H]3CC=CC[C@H]3C2=O)c2ccc(OC)cc2)cc1. The first kappa shape index (κ1) is 23.5. The molecule has 34 heavy (non-hydrogen) atoms. The Bertz CT molecular complexity index is 1040. The average Bonchev–Trinajstić information content (AvgIpc) is 3.12. The van der Waals surface area contributed by atoms with Crippen molar-refractivity contribution in [2.24, 2.45) is 11.8 Å². The molecule has 0 saturated carbocycles. The Balaban J connectivity index is 1.42. The Kier molecular flexibility index (Phi) is 7.30. The molecule has 0 radical (unpaired) electrons. The molecular formula is C27H30N2O5. The highest BCUT2D eigenvalue weighted by molar-refractivity contribution is 6.05. The van der Waals surface area contributed by atoms with Crippen LogP contribution in [0.15, 0.2) is 60.7 Å². The number of rotatable bonds is 9. The van der Waals surface area contributed by atoms with Crippen LogP contribution < -0.4 is 14.8 Å². The van der Waals surface area contributed by atoms with Crippen molar-refractivity contribution in [2.75, 3.05) is 20.8 Å². The predicted octanol–water partition coefficient (Wildman–Crippen LogP) is 3.45. The van der Waals surface area contributed by atoms with Crippen molar-refractivity contribution in [3.63, 3.8) is 0 Å². The third kappa shape index (κ3) is 5.14. The molecule has 2 aromatic rings. The maximum Gasteiger partial charge on any atom is 0.233 e. The summed E-state index contributed by atoms with van der Waals surface area (Å²) in [5.74, 6) is 0.437. The molecule has 1 heterocycles. The van der Waals surface area contributed by atoms with E-state index < -0.39 is 0 Å². The van der Waals surface area contributed by atoms with Gasteiger partial charge in [0.25, 0.3) is 0 Å². The fourth-order valence-electron chi connectivity index (χ4n) is 4.65. The van der Waals surface area contributed by atoms with Crippen molar-refractivity contribution in [2.45, 2.75) is 31.7 Å². The number of amides is 3. The molecule has 2 aromatic carbocycles. The van der Waals surface area contributed by atoms with Gasteiger partial charge in [-0.25, -0.2) is 0 Å². The number of fused-ring (bicyclic) bond motifs is 1. The molecule has 4 rings (SSSR count). The fraction of sp³-hybridized carbons (Fsp3) is 0.370. The van der Waals surface area contributed by atoms with Crippen LogP contribution in [0.1, 0.15) is 36.4 Å². The lowest BCUT2D eigenvalue weighted by atomic mass is 9.85. The Hall–Kier alpha value is -3.61. The summed E-state index contributed by atoms with van der Waals surface area (Å²) in [6.07, 6.45) is 5.76. The van der Waals surface area contributed by atoms with Gasteiger partial charge < -0.3 is 14.8 Å². The smallest absolute Gasteiger partial charge is 0.233 e. The molecule has 0 aromatic heterocycles. The van der Waals surface area contributed by atoms with Gasteiger partial charge in [0.05, 0.1) is 32.1 Å². The van der Waals surface area contributed by atoms with Gasteiger partial charge in [-0.05, 0) is 54.7 Å². The Labute approximate surface area is 199 Å². The zero-order chi connectivity index (χ0) is 24.1. The van der Waals surface area contributed by atoms with E-state index in [0.717, 1.165) is 22.6 Å². The highest BCUT2D eigenvalue weighted by Crippen LogP contribution is 2.35. The van der Waals surface area contributed by atoms with Gasteiger partial charge in [-0.1, -0.05) is 36.4 Å². The summed E-state index contributed by atoms with van der Waals surface area (Å²) < 4.78 is 10.5. The number of hydrogen-bond acceptors (Lipinski definition) is 5. The standard InChI is InChI=1S/C27H30N2O5/c1-33-20-11-7-18(8-12-20)17-24(19-9-13-21(34-2)14-10-19)28-25(30)15-16-29-26(31)22-5-3-4-6-23(22)27(29)32/h3-4,7-14,22-24H,5-6,15-17H2,1-2H3,(H,28,30)/t22-,23+,24-/m1/s1. The van der Waals surface area contributed by atoms with Crippen LogP contribution in [0, 0.1) is 11.8 Å². The van der Waals surface area contributed by atoms with Crippen LogP contribution in [0.5, 0.6) is 11.5 Å². The van der Waals surface area contributed by atoms with E-state index in [4.69, 9.17) is 9.47 Å². The first-order valence-corrected chi connectivity index (χ1v) is 11.6. The summed E-state index contributed by atoms with van der Waals surface area (Å²) in [7, 11) is 3.23. The van der Waals surface area contributed by atoms with E-state index >= 15 is 0 Å². The van der Waals surface area contributed by atoms with Crippen molar-refractivity contribution < 1.29 is 23.9 Å². The zero-order valence-electron chi connectivity index (χ0n) is 19.5. The number of likely N-dealkylation sites (tertiary alicyclic amines) is 1. The average molecular weight is 463 g/mol. The van der Waals surface area contributed by atoms with Crippen molar-refractivity contribution in [3.8, 4) is 11.5 Å². The lowest BCUT2D eigenvalue weighted by Gasteiger charge is -2.21. The minimum atomic E-state index is -0.275. The normalized spacial score (nSPS) is 20.1. The second-order valence-electron chi connectivity index (χ2n) is 8.68. The van der Waals surface area contributed by atoms with Gasteiger partial charge in [0, 0.05) is 13.0 Å². The van der Waals surface area contributed by atoms with Crippen LogP contribution >= 0.6 is 0 Å². The van der Waals surface area contributed by atoms with Crippen LogP contribution in [-0.4, -0.2) is 43.4 Å². The molecule has 2 aliphatic rings. The van der Waals surface area contributed by atoms with Gasteiger partial charge in [0.2, 0.25) is 17.7 Å². The second kappa shape index (κ2) is 10.5. The van der Waals surface area contributed by atoms with Gasteiger partial charge in [0.15, 0.2) is 0 Å². The topological polar surface area (TPSA) is 84.9 Å². The minimum absolute atomic E-state index is 0.0691. The molecule has 3 atom stereocenters. The molecule has 1 aliphatic carbocycles. The summed E-state index contributed by atoms with van der Waals surface area (Å²) in [6, 6.07) is 15.0. The van der Waals surface area contributed by atoms with Gasteiger partial charge in [-0.2, -0.15) is 0 Å². The van der Waals surface area contributed by atoms with Gasteiger partial charge in [0.1, 0.15) is 11.5 Å². The third-order valence-electron chi connectivity index (χ3n) is 6.61. The predicted molar refractivity (Wildman–Crippen MR) is 127 cm³/mol. The number of hydrogen-bond donors (Lipinski definition) is 1. The molecule has 0 bridgehead atoms. The molecule has 7 nitrogen and oxygen atoms in total. The summed E-state index contributed by atoms with van der Waals surface area (Å²) in [6.45, 7) is 0.106. The van der Waals surface area contributed by atoms with E-state index in [0.29, 0.717) is 19.3 Å². The van der Waals surface area contributed by atoms with Crippen LogP contribution in [0.25, 0.3) is 0 Å². The van der Waals surface area contributed by atoms with E-state index in [1.807, 2.05) is 60.7 Å². The number of imide groups is 1. The molecular weight excluding hydrogens is 432 g/mol. The highest BCUT2D eigenvalue weighted by atomic mass is 16.5. The first-order valence-electron chi connectivity index (χ1n) is 11.6. The highest BCUT2D eigenvalue weighted by Gasteiger charge is 2.46. The number of nitrogens with one attached hydrogen (secondary N) is 1. The quantitative estimate of drug-likeness (QED) is 0.456. The second-order valence-corrected chi connectivity index (χ2v) is 8.68. The molecule has 1 saturated heterocycles. The van der Waals surface area contributed by atoms with Crippen molar-refractivity contribution in [1.29, 1.82) is 0 Å². The number of ether oxygens (including phenoxy) is 2. The molecule has 1 N–H and O–H groups in total. The van der Waals surface area contributed by atoms with Crippen molar-refractivity contribution in [3.05, 3.63) is 71.8 Å². The number of methoxy groups -OCH3 is 2. The van der Waals surface area contributed by atoms with Crippen LogP contribution in [0.3, 0.4) is 0 Å². The molecule has 1 fully saturated rings. The molecule has 0 spiro atoms. The molecule has 0 unspecified atom stereocenters. The summed E-state index contributed by atoms with van der Waals surface area (Å²) in [5.41, 5.74) is 1.98. The molecule has 3 amide bonds. The van der Waals surface area contributed by atoms with Gasteiger partial charge >= 0.3 is 0 Å². The monoisotopic (exact) mass is 462 g/mol. The van der Waals surface area contributed by atoms with E-state index in [9.17, 15) is 14.4 Å². The van der Waals surface area contributed by atoms with Crippen molar-refractivity contribution >= 4 is 17.7 Å². The number of nitrogens with zero attached hydrogens (tertiary/aromatic N) is 1.